The number of hydrogen-bond acceptors (Lipinski definition) is 4. The zero-order valence-electron chi connectivity index (χ0n) is 18.4. The zero-order chi connectivity index (χ0) is 23.5. The number of rotatable bonds is 8. The van der Waals surface area contributed by atoms with Crippen LogP contribution in [0.1, 0.15) is 65.1 Å². The van der Waals surface area contributed by atoms with Gasteiger partial charge in [0.05, 0.1) is 17.4 Å². The van der Waals surface area contributed by atoms with Crippen molar-refractivity contribution in [3.05, 3.63) is 75.3 Å². The first-order valence-electron chi connectivity index (χ1n) is 10.7. The van der Waals surface area contributed by atoms with Crippen LogP contribution in [-0.4, -0.2) is 21.8 Å². The Morgan fingerprint density at radius 2 is 1.72 bits per heavy atom. The van der Waals surface area contributed by atoms with Crippen LogP contribution < -0.4 is 0 Å². The highest BCUT2D eigenvalue weighted by Crippen LogP contribution is 2.36. The molecular weight excluding hydrogens is 435 g/mol. The maximum Gasteiger partial charge on any atom is 0.416 e. The molecule has 0 saturated carbocycles. The number of nitrogens with zero attached hydrogens (tertiary/aromatic N) is 1. The highest BCUT2D eigenvalue weighted by Gasteiger charge is 2.30. The molecule has 0 amide bonds. The number of thiazole rings is 1. The number of aromatic nitrogens is 1. The number of aryl methyl sites for hydroxylation is 2. The summed E-state index contributed by atoms with van der Waals surface area (Å²) in [6.07, 6.45) is -3.25. The number of alkyl halides is 3. The lowest BCUT2D eigenvalue weighted by molar-refractivity contribution is -0.137. The molecule has 1 unspecified atom stereocenters. The molecule has 3 aromatic rings. The van der Waals surface area contributed by atoms with Crippen LogP contribution in [0.2, 0.25) is 0 Å². The second-order valence-corrected chi connectivity index (χ2v) is 9.35. The van der Waals surface area contributed by atoms with Crippen molar-refractivity contribution < 1.29 is 23.4 Å². The number of hydrogen-bond donors (Lipinski definition) is 2. The Kier molecular flexibility index (Phi) is 7.75. The van der Waals surface area contributed by atoms with E-state index in [1.807, 2.05) is 39.0 Å². The molecule has 2 aromatic carbocycles. The fourth-order valence-electron chi connectivity index (χ4n) is 3.68. The van der Waals surface area contributed by atoms with Gasteiger partial charge in [0.25, 0.3) is 0 Å². The number of aliphatic hydroxyl groups is 2. The van der Waals surface area contributed by atoms with Crippen molar-refractivity contribution in [3.8, 4) is 10.6 Å². The van der Waals surface area contributed by atoms with E-state index in [9.17, 15) is 18.3 Å². The molecule has 0 aliphatic heterocycles. The van der Waals surface area contributed by atoms with Gasteiger partial charge in [-0.15, -0.1) is 11.3 Å². The standard InChI is InChI=1S/C25H28F3NO2S/c1-15(2)23-22(11-10-21(31)19-5-4-17(12-13-30)16(3)14-19)32-24(29-23)18-6-8-20(9-7-18)25(26,27)28/h4-9,14-15,21,30-31H,10-13H2,1-3H3. The number of benzene rings is 2. The van der Waals surface area contributed by atoms with Gasteiger partial charge >= 0.3 is 6.18 Å². The fraction of sp³-hybridized carbons (Fsp3) is 0.400. The van der Waals surface area contributed by atoms with Crippen LogP contribution >= 0.6 is 11.3 Å². The fourth-order valence-corrected chi connectivity index (χ4v) is 4.92. The van der Waals surface area contributed by atoms with Gasteiger partial charge in [0.1, 0.15) is 5.01 Å². The Morgan fingerprint density at radius 1 is 1.03 bits per heavy atom. The second kappa shape index (κ2) is 10.1. The normalized spacial score (nSPS) is 13.0. The predicted octanol–water partition coefficient (Wildman–Crippen LogP) is 6.46. The molecule has 0 aliphatic carbocycles. The van der Waals surface area contributed by atoms with E-state index in [0.717, 1.165) is 39.4 Å². The molecule has 0 bridgehead atoms. The number of halogens is 3. The van der Waals surface area contributed by atoms with E-state index in [1.165, 1.54) is 23.5 Å². The summed E-state index contributed by atoms with van der Waals surface area (Å²) in [4.78, 5) is 5.74. The summed E-state index contributed by atoms with van der Waals surface area (Å²) in [5.41, 5.74) is 3.85. The van der Waals surface area contributed by atoms with Gasteiger partial charge < -0.3 is 10.2 Å². The molecule has 0 saturated heterocycles. The molecule has 0 aliphatic rings. The van der Waals surface area contributed by atoms with Gasteiger partial charge in [0.15, 0.2) is 0 Å². The van der Waals surface area contributed by atoms with Crippen LogP contribution in [0.15, 0.2) is 42.5 Å². The lowest BCUT2D eigenvalue weighted by Gasteiger charge is -2.14. The third-order valence-corrected chi connectivity index (χ3v) is 6.69. The third kappa shape index (κ3) is 5.77. The van der Waals surface area contributed by atoms with Gasteiger partial charge in [-0.25, -0.2) is 4.98 Å². The largest absolute Gasteiger partial charge is 0.416 e. The van der Waals surface area contributed by atoms with Crippen molar-refractivity contribution in [2.45, 2.75) is 58.2 Å². The van der Waals surface area contributed by atoms with Crippen LogP contribution in [0.25, 0.3) is 10.6 Å². The van der Waals surface area contributed by atoms with E-state index in [4.69, 9.17) is 10.1 Å². The SMILES string of the molecule is Cc1cc(C(O)CCc2sc(-c3ccc(C(F)(F)F)cc3)nc2C(C)C)ccc1CCO. The molecule has 1 atom stereocenters. The van der Waals surface area contributed by atoms with Crippen molar-refractivity contribution in [2.24, 2.45) is 0 Å². The highest BCUT2D eigenvalue weighted by molar-refractivity contribution is 7.15. The first-order valence-corrected chi connectivity index (χ1v) is 11.5. The minimum Gasteiger partial charge on any atom is -0.396 e. The van der Waals surface area contributed by atoms with Crippen molar-refractivity contribution in [1.82, 2.24) is 4.98 Å². The molecule has 3 rings (SSSR count). The van der Waals surface area contributed by atoms with E-state index in [-0.39, 0.29) is 12.5 Å². The summed E-state index contributed by atoms with van der Waals surface area (Å²) >= 11 is 1.47. The molecular formula is C25H28F3NO2S. The summed E-state index contributed by atoms with van der Waals surface area (Å²) in [5, 5.41) is 20.5. The van der Waals surface area contributed by atoms with E-state index < -0.39 is 17.8 Å². The monoisotopic (exact) mass is 463 g/mol. The minimum atomic E-state index is -4.36. The van der Waals surface area contributed by atoms with Crippen molar-refractivity contribution in [2.75, 3.05) is 6.61 Å². The molecule has 3 nitrogen and oxygen atoms in total. The predicted molar refractivity (Wildman–Crippen MR) is 122 cm³/mol. The summed E-state index contributed by atoms with van der Waals surface area (Å²) in [6, 6.07) is 10.9. The quantitative estimate of drug-likeness (QED) is 0.403. The van der Waals surface area contributed by atoms with Crippen molar-refractivity contribution in [1.29, 1.82) is 0 Å². The van der Waals surface area contributed by atoms with Gasteiger partial charge in [0.2, 0.25) is 0 Å². The minimum absolute atomic E-state index is 0.0906. The highest BCUT2D eigenvalue weighted by atomic mass is 32.1. The third-order valence-electron chi connectivity index (χ3n) is 5.51. The van der Waals surface area contributed by atoms with E-state index in [2.05, 4.69) is 0 Å². The molecule has 0 fully saturated rings. The molecule has 7 heteroatoms. The summed E-state index contributed by atoms with van der Waals surface area (Å²) in [6.45, 7) is 6.13. The maximum absolute atomic E-state index is 12.8. The first-order chi connectivity index (χ1) is 15.1. The van der Waals surface area contributed by atoms with Crippen molar-refractivity contribution in [3.63, 3.8) is 0 Å². The van der Waals surface area contributed by atoms with Crippen molar-refractivity contribution >= 4 is 11.3 Å². The van der Waals surface area contributed by atoms with Crippen LogP contribution in [0.4, 0.5) is 13.2 Å². The molecule has 1 aromatic heterocycles. The Labute approximate surface area is 190 Å². The van der Waals surface area contributed by atoms with E-state index in [1.54, 1.807) is 0 Å². The van der Waals surface area contributed by atoms with Gasteiger partial charge in [-0.05, 0) is 60.9 Å². The van der Waals surface area contributed by atoms with Gasteiger partial charge in [-0.1, -0.05) is 44.2 Å². The molecule has 0 spiro atoms. The number of aliphatic hydroxyl groups excluding tert-OH is 2. The Bertz CT molecular complexity index is 1040. The van der Waals surface area contributed by atoms with Crippen LogP contribution in [0, 0.1) is 6.92 Å². The van der Waals surface area contributed by atoms with Crippen LogP contribution in [0.3, 0.4) is 0 Å². The average Bonchev–Trinajstić information content (AvgIpc) is 3.18. The Morgan fingerprint density at radius 3 is 2.28 bits per heavy atom. The summed E-state index contributed by atoms with van der Waals surface area (Å²) in [5.74, 6) is 0.168. The lowest BCUT2D eigenvalue weighted by Crippen LogP contribution is -2.03. The second-order valence-electron chi connectivity index (χ2n) is 8.27. The maximum atomic E-state index is 12.8. The van der Waals surface area contributed by atoms with Gasteiger partial charge in [-0.3, -0.25) is 0 Å². The van der Waals surface area contributed by atoms with Gasteiger partial charge in [-0.2, -0.15) is 13.2 Å². The topological polar surface area (TPSA) is 53.4 Å². The van der Waals surface area contributed by atoms with E-state index in [0.29, 0.717) is 29.8 Å². The Balaban J connectivity index is 1.76. The molecule has 32 heavy (non-hydrogen) atoms. The van der Waals surface area contributed by atoms with Gasteiger partial charge in [0, 0.05) is 17.0 Å². The van der Waals surface area contributed by atoms with E-state index >= 15 is 0 Å². The Hall–Kier alpha value is -2.22. The molecule has 1 heterocycles. The molecule has 172 valence electrons. The van der Waals surface area contributed by atoms with Crippen LogP contribution in [-0.2, 0) is 19.0 Å². The average molecular weight is 464 g/mol. The smallest absolute Gasteiger partial charge is 0.396 e. The molecule has 2 N–H and O–H groups in total. The summed E-state index contributed by atoms with van der Waals surface area (Å²) in [7, 11) is 0. The first kappa shape index (κ1) is 24.4. The van der Waals surface area contributed by atoms with Crippen LogP contribution in [0.5, 0.6) is 0 Å². The lowest BCUT2D eigenvalue weighted by atomic mass is 9.97. The summed E-state index contributed by atoms with van der Waals surface area (Å²) < 4.78 is 38.5. The molecule has 0 radical (unpaired) electrons. The zero-order valence-corrected chi connectivity index (χ0v) is 19.2.